The van der Waals surface area contributed by atoms with Crippen LogP contribution in [-0.4, -0.2) is 12.0 Å². The van der Waals surface area contributed by atoms with Gasteiger partial charge in [-0.25, -0.2) is 4.39 Å². The Kier molecular flexibility index (Phi) is 3.64. The number of halogens is 3. The van der Waals surface area contributed by atoms with E-state index in [-0.39, 0.29) is 5.02 Å². The zero-order chi connectivity index (χ0) is 12.4. The molecule has 0 aliphatic rings. The standard InChI is InChI=1S/C12H9BrClFN2/c1-16-7-4-5-17-10(6-7)8-2-3-9(13)11(14)12(8)15/h2-6H,1H3,(H,16,17). The third kappa shape index (κ3) is 2.42. The van der Waals surface area contributed by atoms with Crippen molar-refractivity contribution < 1.29 is 4.39 Å². The van der Waals surface area contributed by atoms with Crippen molar-refractivity contribution in [2.45, 2.75) is 0 Å². The minimum absolute atomic E-state index is 0.0687. The molecule has 2 aromatic rings. The zero-order valence-electron chi connectivity index (χ0n) is 8.97. The Morgan fingerprint density at radius 3 is 2.82 bits per heavy atom. The third-order valence-electron chi connectivity index (χ3n) is 2.36. The second kappa shape index (κ2) is 5.02. The molecule has 1 aromatic heterocycles. The summed E-state index contributed by atoms with van der Waals surface area (Å²) >= 11 is 9.02. The largest absolute Gasteiger partial charge is 0.388 e. The van der Waals surface area contributed by atoms with Crippen molar-refractivity contribution in [1.82, 2.24) is 4.98 Å². The normalized spacial score (nSPS) is 10.4. The molecule has 2 nitrogen and oxygen atoms in total. The Bertz CT molecular complexity index is 560. The van der Waals surface area contributed by atoms with Gasteiger partial charge in [0.2, 0.25) is 0 Å². The van der Waals surface area contributed by atoms with Crippen LogP contribution in [0, 0.1) is 5.82 Å². The number of hydrogen-bond donors (Lipinski definition) is 1. The van der Waals surface area contributed by atoms with E-state index in [0.717, 1.165) is 5.69 Å². The highest BCUT2D eigenvalue weighted by Gasteiger charge is 2.12. The van der Waals surface area contributed by atoms with Crippen molar-refractivity contribution >= 4 is 33.2 Å². The summed E-state index contributed by atoms with van der Waals surface area (Å²) in [7, 11) is 1.80. The van der Waals surface area contributed by atoms with Gasteiger partial charge in [0.25, 0.3) is 0 Å². The second-order valence-corrected chi connectivity index (χ2v) is 4.63. The molecule has 0 amide bonds. The van der Waals surface area contributed by atoms with E-state index in [9.17, 15) is 4.39 Å². The maximum Gasteiger partial charge on any atom is 0.152 e. The molecule has 5 heteroatoms. The number of nitrogens with zero attached hydrogens (tertiary/aromatic N) is 1. The van der Waals surface area contributed by atoms with Gasteiger partial charge < -0.3 is 5.32 Å². The molecule has 1 heterocycles. The predicted molar refractivity (Wildman–Crippen MR) is 71.9 cm³/mol. The highest BCUT2D eigenvalue weighted by atomic mass is 79.9. The lowest BCUT2D eigenvalue weighted by Gasteiger charge is -2.07. The molecule has 0 spiro atoms. The van der Waals surface area contributed by atoms with Gasteiger partial charge in [-0.3, -0.25) is 4.98 Å². The van der Waals surface area contributed by atoms with Gasteiger partial charge >= 0.3 is 0 Å². The fourth-order valence-electron chi connectivity index (χ4n) is 1.46. The summed E-state index contributed by atoms with van der Waals surface area (Å²) in [6.07, 6.45) is 1.62. The molecule has 0 aliphatic heterocycles. The smallest absolute Gasteiger partial charge is 0.152 e. The van der Waals surface area contributed by atoms with Crippen molar-refractivity contribution in [2.24, 2.45) is 0 Å². The van der Waals surface area contributed by atoms with Crippen LogP contribution in [0.1, 0.15) is 0 Å². The van der Waals surface area contributed by atoms with Crippen LogP contribution in [0.25, 0.3) is 11.3 Å². The van der Waals surface area contributed by atoms with E-state index in [2.05, 4.69) is 26.2 Å². The van der Waals surface area contributed by atoms with Gasteiger partial charge in [-0.15, -0.1) is 0 Å². The average molecular weight is 316 g/mol. The minimum Gasteiger partial charge on any atom is -0.388 e. The molecular weight excluding hydrogens is 307 g/mol. The highest BCUT2D eigenvalue weighted by Crippen LogP contribution is 2.32. The van der Waals surface area contributed by atoms with Gasteiger partial charge in [-0.1, -0.05) is 11.6 Å². The number of anilines is 1. The lowest BCUT2D eigenvalue weighted by atomic mass is 10.1. The van der Waals surface area contributed by atoms with Crippen molar-refractivity contribution in [3.63, 3.8) is 0 Å². The Hall–Kier alpha value is -1.13. The van der Waals surface area contributed by atoms with Gasteiger partial charge in [0.15, 0.2) is 5.82 Å². The summed E-state index contributed by atoms with van der Waals surface area (Å²) in [4.78, 5) is 4.14. The third-order valence-corrected chi connectivity index (χ3v) is 3.62. The molecule has 0 bridgehead atoms. The van der Waals surface area contributed by atoms with Crippen LogP contribution >= 0.6 is 27.5 Å². The summed E-state index contributed by atoms with van der Waals surface area (Å²) in [6, 6.07) is 6.92. The van der Waals surface area contributed by atoms with Gasteiger partial charge in [-0.2, -0.15) is 0 Å². The monoisotopic (exact) mass is 314 g/mol. The van der Waals surface area contributed by atoms with Crippen LogP contribution in [0.4, 0.5) is 10.1 Å². The molecule has 1 aromatic carbocycles. The number of benzene rings is 1. The van der Waals surface area contributed by atoms with Crippen molar-refractivity contribution in [3.05, 3.63) is 45.8 Å². The summed E-state index contributed by atoms with van der Waals surface area (Å²) < 4.78 is 14.5. The first-order chi connectivity index (χ1) is 8.13. The van der Waals surface area contributed by atoms with Gasteiger partial charge in [0.1, 0.15) is 0 Å². The fourth-order valence-corrected chi connectivity index (χ4v) is 1.93. The van der Waals surface area contributed by atoms with Crippen molar-refractivity contribution in [1.29, 1.82) is 0 Å². The van der Waals surface area contributed by atoms with E-state index < -0.39 is 5.82 Å². The second-order valence-electron chi connectivity index (χ2n) is 3.40. The highest BCUT2D eigenvalue weighted by molar-refractivity contribution is 9.10. The molecule has 0 saturated carbocycles. The average Bonchev–Trinajstić information content (AvgIpc) is 2.36. The molecule has 0 radical (unpaired) electrons. The van der Waals surface area contributed by atoms with E-state index in [0.29, 0.717) is 15.7 Å². The van der Waals surface area contributed by atoms with Crippen LogP contribution in [0.15, 0.2) is 34.9 Å². The maximum atomic E-state index is 14.0. The number of rotatable bonds is 2. The van der Waals surface area contributed by atoms with Gasteiger partial charge in [0, 0.05) is 29.0 Å². The van der Waals surface area contributed by atoms with Gasteiger partial charge in [-0.05, 0) is 40.2 Å². The van der Waals surface area contributed by atoms with Crippen LogP contribution < -0.4 is 5.32 Å². The van der Waals surface area contributed by atoms with E-state index in [1.54, 1.807) is 31.4 Å². The number of pyridine rings is 1. The summed E-state index contributed by atoms with van der Waals surface area (Å²) in [5.41, 5.74) is 1.80. The van der Waals surface area contributed by atoms with Crippen LogP contribution in [-0.2, 0) is 0 Å². The Balaban J connectivity index is 2.56. The number of aromatic nitrogens is 1. The first-order valence-corrected chi connectivity index (χ1v) is 6.08. The number of hydrogen-bond acceptors (Lipinski definition) is 2. The lowest BCUT2D eigenvalue weighted by molar-refractivity contribution is 0.630. The van der Waals surface area contributed by atoms with Gasteiger partial charge in [0.05, 0.1) is 10.7 Å². The SMILES string of the molecule is CNc1ccnc(-c2ccc(Br)c(Cl)c2F)c1. The van der Waals surface area contributed by atoms with E-state index in [4.69, 9.17) is 11.6 Å². The van der Waals surface area contributed by atoms with Crippen LogP contribution in [0.5, 0.6) is 0 Å². The number of nitrogens with one attached hydrogen (secondary N) is 1. The summed E-state index contributed by atoms with van der Waals surface area (Å²) in [6.45, 7) is 0. The molecule has 0 unspecified atom stereocenters. The molecular formula is C12H9BrClFN2. The Morgan fingerprint density at radius 1 is 1.35 bits per heavy atom. The molecule has 0 fully saturated rings. The Labute approximate surface area is 112 Å². The van der Waals surface area contributed by atoms with Crippen molar-refractivity contribution in [2.75, 3.05) is 12.4 Å². The molecule has 17 heavy (non-hydrogen) atoms. The Morgan fingerprint density at radius 2 is 2.12 bits per heavy atom. The zero-order valence-corrected chi connectivity index (χ0v) is 11.3. The molecule has 0 atom stereocenters. The quantitative estimate of drug-likeness (QED) is 0.834. The molecule has 88 valence electrons. The van der Waals surface area contributed by atoms with E-state index in [1.807, 2.05) is 6.07 Å². The lowest BCUT2D eigenvalue weighted by Crippen LogP contribution is -1.93. The minimum atomic E-state index is -0.471. The summed E-state index contributed by atoms with van der Waals surface area (Å²) in [5, 5.41) is 3.05. The molecule has 2 rings (SSSR count). The fraction of sp³-hybridized carbons (Fsp3) is 0.0833. The maximum absolute atomic E-state index is 14.0. The van der Waals surface area contributed by atoms with Crippen LogP contribution in [0.3, 0.4) is 0 Å². The van der Waals surface area contributed by atoms with E-state index >= 15 is 0 Å². The van der Waals surface area contributed by atoms with E-state index in [1.165, 1.54) is 0 Å². The van der Waals surface area contributed by atoms with Crippen LogP contribution in [0.2, 0.25) is 5.02 Å². The molecule has 0 aliphatic carbocycles. The summed E-state index contributed by atoms with van der Waals surface area (Å²) in [5.74, 6) is -0.471. The molecule has 0 saturated heterocycles. The first-order valence-electron chi connectivity index (χ1n) is 4.91. The topological polar surface area (TPSA) is 24.9 Å². The first kappa shape index (κ1) is 12.3. The predicted octanol–water partition coefficient (Wildman–Crippen LogP) is 4.35. The molecule has 1 N–H and O–H groups in total. The van der Waals surface area contributed by atoms with Crippen molar-refractivity contribution in [3.8, 4) is 11.3 Å².